The summed E-state index contributed by atoms with van der Waals surface area (Å²) in [6.07, 6.45) is 3.30. The van der Waals surface area contributed by atoms with Gasteiger partial charge in [-0.3, -0.25) is 4.90 Å². The molecule has 3 heteroatoms. The minimum absolute atomic E-state index is 0.620. The van der Waals surface area contributed by atoms with Crippen LogP contribution in [0.1, 0.15) is 40.0 Å². The van der Waals surface area contributed by atoms with E-state index in [0.29, 0.717) is 6.04 Å². The van der Waals surface area contributed by atoms with Crippen LogP contribution in [0, 0.1) is 0 Å². The molecule has 1 aliphatic heterocycles. The van der Waals surface area contributed by atoms with E-state index in [-0.39, 0.29) is 0 Å². The highest BCUT2D eigenvalue weighted by atomic mass is 16.4. The van der Waals surface area contributed by atoms with Gasteiger partial charge in [-0.25, -0.2) is 0 Å². The summed E-state index contributed by atoms with van der Waals surface area (Å²) < 4.78 is 0. The second kappa shape index (κ2) is 6.89. The van der Waals surface area contributed by atoms with E-state index in [9.17, 15) is 0 Å². The molecule has 0 aromatic rings. The molecule has 0 bridgehead atoms. The van der Waals surface area contributed by atoms with E-state index in [4.69, 9.17) is 5.21 Å². The molecule has 1 atom stereocenters. The number of nitrogens with zero attached hydrogens (tertiary/aromatic N) is 2. The Kier molecular flexibility index (Phi) is 6.59. The topological polar surface area (TPSA) is 35.8 Å². The third-order valence-electron chi connectivity index (χ3n) is 2.41. The van der Waals surface area contributed by atoms with Crippen LogP contribution in [-0.2, 0) is 0 Å². The van der Waals surface area contributed by atoms with E-state index in [1.165, 1.54) is 6.42 Å². The third kappa shape index (κ3) is 4.27. The van der Waals surface area contributed by atoms with Crippen molar-refractivity contribution >= 4 is 5.71 Å². The number of likely N-dealkylation sites (tertiary alicyclic amines) is 1. The van der Waals surface area contributed by atoms with Gasteiger partial charge in [0.25, 0.3) is 0 Å². The van der Waals surface area contributed by atoms with Gasteiger partial charge in [0.15, 0.2) is 0 Å². The molecule has 13 heavy (non-hydrogen) atoms. The Labute approximate surface area is 81.4 Å². The molecular formula is C10H22N2O. The Morgan fingerprint density at radius 1 is 1.46 bits per heavy atom. The predicted molar refractivity (Wildman–Crippen MR) is 56.5 cm³/mol. The molecule has 1 rings (SSSR count). The van der Waals surface area contributed by atoms with Crippen LogP contribution in [0.2, 0.25) is 0 Å². The van der Waals surface area contributed by atoms with Crippen molar-refractivity contribution in [2.75, 3.05) is 13.6 Å². The van der Waals surface area contributed by atoms with Crippen LogP contribution >= 0.6 is 0 Å². The van der Waals surface area contributed by atoms with Crippen molar-refractivity contribution < 1.29 is 5.21 Å². The van der Waals surface area contributed by atoms with Crippen molar-refractivity contribution in [1.82, 2.24) is 4.90 Å². The average molecular weight is 186 g/mol. The highest BCUT2D eigenvalue weighted by Crippen LogP contribution is 2.12. The van der Waals surface area contributed by atoms with Gasteiger partial charge >= 0.3 is 0 Å². The zero-order valence-corrected chi connectivity index (χ0v) is 9.25. The molecule has 1 N–H and O–H groups in total. The monoisotopic (exact) mass is 186 g/mol. The smallest absolute Gasteiger partial charge is 0.0710 e. The normalized spacial score (nSPS) is 27.7. The van der Waals surface area contributed by atoms with Crippen molar-refractivity contribution in [2.24, 2.45) is 5.16 Å². The van der Waals surface area contributed by atoms with Gasteiger partial charge in [0.1, 0.15) is 0 Å². The SMILES string of the molecule is CC.CC1CCC/C(=N/O)CN1C. The molecular weight excluding hydrogens is 164 g/mol. The summed E-state index contributed by atoms with van der Waals surface area (Å²) >= 11 is 0. The molecule has 1 heterocycles. The van der Waals surface area contributed by atoms with E-state index in [0.717, 1.165) is 25.1 Å². The lowest BCUT2D eigenvalue weighted by Gasteiger charge is -2.20. The van der Waals surface area contributed by atoms with Crippen molar-refractivity contribution in [3.8, 4) is 0 Å². The van der Waals surface area contributed by atoms with Gasteiger partial charge in [-0.05, 0) is 33.2 Å². The third-order valence-corrected chi connectivity index (χ3v) is 2.41. The Hall–Kier alpha value is -0.570. The zero-order valence-electron chi connectivity index (χ0n) is 9.25. The highest BCUT2D eigenvalue weighted by Gasteiger charge is 2.16. The van der Waals surface area contributed by atoms with Crippen LogP contribution in [0.25, 0.3) is 0 Å². The largest absolute Gasteiger partial charge is 0.411 e. The molecule has 0 spiro atoms. The van der Waals surface area contributed by atoms with Crippen molar-refractivity contribution in [3.05, 3.63) is 0 Å². The maximum atomic E-state index is 8.58. The Morgan fingerprint density at radius 3 is 2.62 bits per heavy atom. The van der Waals surface area contributed by atoms with Gasteiger partial charge in [0.05, 0.1) is 5.71 Å². The van der Waals surface area contributed by atoms with E-state index >= 15 is 0 Å². The van der Waals surface area contributed by atoms with Gasteiger partial charge in [-0.1, -0.05) is 19.0 Å². The van der Waals surface area contributed by atoms with E-state index in [2.05, 4.69) is 24.0 Å². The quantitative estimate of drug-likeness (QED) is 0.465. The molecule has 0 saturated carbocycles. The molecule has 0 radical (unpaired) electrons. The predicted octanol–water partition coefficient (Wildman–Crippen LogP) is 2.35. The number of hydrogen-bond donors (Lipinski definition) is 1. The Balaban J connectivity index is 0.000000671. The molecule has 78 valence electrons. The maximum absolute atomic E-state index is 8.58. The van der Waals surface area contributed by atoms with Crippen LogP contribution in [0.5, 0.6) is 0 Å². The van der Waals surface area contributed by atoms with E-state index < -0.39 is 0 Å². The zero-order chi connectivity index (χ0) is 10.3. The maximum Gasteiger partial charge on any atom is 0.0710 e. The first-order chi connectivity index (χ1) is 6.24. The first kappa shape index (κ1) is 12.4. The molecule has 0 aliphatic carbocycles. The van der Waals surface area contributed by atoms with Gasteiger partial charge in [0.2, 0.25) is 0 Å². The molecule has 0 amide bonds. The van der Waals surface area contributed by atoms with Gasteiger partial charge in [0, 0.05) is 12.6 Å². The van der Waals surface area contributed by atoms with E-state index in [1.807, 2.05) is 13.8 Å². The van der Waals surface area contributed by atoms with Crippen LogP contribution in [0.3, 0.4) is 0 Å². The van der Waals surface area contributed by atoms with Gasteiger partial charge in [-0.2, -0.15) is 0 Å². The average Bonchev–Trinajstić information content (AvgIpc) is 2.33. The number of oxime groups is 1. The summed E-state index contributed by atoms with van der Waals surface area (Å²) in [5.74, 6) is 0. The fourth-order valence-electron chi connectivity index (χ4n) is 1.43. The molecule has 1 unspecified atom stereocenters. The lowest BCUT2D eigenvalue weighted by molar-refractivity contribution is 0.278. The highest BCUT2D eigenvalue weighted by molar-refractivity contribution is 5.86. The molecule has 0 aromatic heterocycles. The summed E-state index contributed by atoms with van der Waals surface area (Å²) in [5.41, 5.74) is 0.914. The van der Waals surface area contributed by atoms with Crippen molar-refractivity contribution in [2.45, 2.75) is 46.1 Å². The first-order valence-corrected chi connectivity index (χ1v) is 5.14. The Bertz CT molecular complexity index is 157. The summed E-state index contributed by atoms with van der Waals surface area (Å²) in [7, 11) is 2.07. The first-order valence-electron chi connectivity index (χ1n) is 5.14. The fourth-order valence-corrected chi connectivity index (χ4v) is 1.43. The summed E-state index contributed by atoms with van der Waals surface area (Å²) in [5, 5.41) is 11.8. The summed E-state index contributed by atoms with van der Waals surface area (Å²) in [4.78, 5) is 2.22. The second-order valence-corrected chi connectivity index (χ2v) is 3.32. The minimum Gasteiger partial charge on any atom is -0.411 e. The lowest BCUT2D eigenvalue weighted by atomic mass is 10.1. The lowest BCUT2D eigenvalue weighted by Crippen LogP contribution is -2.31. The number of rotatable bonds is 0. The fraction of sp³-hybridized carbons (Fsp3) is 0.900. The summed E-state index contributed by atoms with van der Waals surface area (Å²) in [6, 6.07) is 0.620. The van der Waals surface area contributed by atoms with Crippen molar-refractivity contribution in [1.29, 1.82) is 0 Å². The van der Waals surface area contributed by atoms with Crippen LogP contribution in [0.15, 0.2) is 5.16 Å². The van der Waals surface area contributed by atoms with Crippen LogP contribution in [0.4, 0.5) is 0 Å². The number of hydrogen-bond acceptors (Lipinski definition) is 3. The van der Waals surface area contributed by atoms with Gasteiger partial charge in [-0.15, -0.1) is 0 Å². The molecule has 3 nitrogen and oxygen atoms in total. The van der Waals surface area contributed by atoms with Crippen molar-refractivity contribution in [3.63, 3.8) is 0 Å². The standard InChI is InChI=1S/C8H16N2O.C2H6/c1-7-4-3-5-8(9-11)6-10(7)2;1-2/h7,11H,3-6H2,1-2H3;1-2H3/b9-8-;. The Morgan fingerprint density at radius 2 is 2.08 bits per heavy atom. The minimum atomic E-state index is 0.620. The van der Waals surface area contributed by atoms with E-state index in [1.54, 1.807) is 0 Å². The van der Waals surface area contributed by atoms with Gasteiger partial charge < -0.3 is 5.21 Å². The van der Waals surface area contributed by atoms with Crippen LogP contribution < -0.4 is 0 Å². The molecule has 0 aromatic carbocycles. The summed E-state index contributed by atoms with van der Waals surface area (Å²) in [6.45, 7) is 7.03. The molecule has 1 fully saturated rings. The van der Waals surface area contributed by atoms with Crippen LogP contribution in [-0.4, -0.2) is 35.5 Å². The second-order valence-electron chi connectivity index (χ2n) is 3.32. The molecule has 1 saturated heterocycles. The molecule has 1 aliphatic rings.